The first-order valence-electron chi connectivity index (χ1n) is 8.44. The van der Waals surface area contributed by atoms with Crippen molar-refractivity contribution in [1.82, 2.24) is 4.90 Å². The Kier molecular flexibility index (Phi) is 5.75. The maximum atomic E-state index is 5.97. The van der Waals surface area contributed by atoms with Crippen LogP contribution in [0.2, 0.25) is 0 Å². The second-order valence-electron chi connectivity index (χ2n) is 6.61. The fraction of sp³-hybridized carbons (Fsp3) is 0.333. The molecule has 0 spiro atoms. The highest BCUT2D eigenvalue weighted by Gasteiger charge is 2.37. The van der Waals surface area contributed by atoms with E-state index >= 15 is 0 Å². The van der Waals surface area contributed by atoms with E-state index in [9.17, 15) is 0 Å². The Bertz CT molecular complexity index is 682. The van der Waals surface area contributed by atoms with Crippen LogP contribution in [0.1, 0.15) is 6.42 Å². The van der Waals surface area contributed by atoms with Gasteiger partial charge in [-0.3, -0.25) is 0 Å². The minimum atomic E-state index is 0.696. The van der Waals surface area contributed by atoms with Crippen LogP contribution >= 0.6 is 15.9 Å². The predicted molar refractivity (Wildman–Crippen MR) is 104 cm³/mol. The molecule has 2 unspecified atom stereocenters. The molecule has 2 atom stereocenters. The van der Waals surface area contributed by atoms with Crippen molar-refractivity contribution in [2.24, 2.45) is 11.8 Å². The second-order valence-corrected chi connectivity index (χ2v) is 7.53. The summed E-state index contributed by atoms with van der Waals surface area (Å²) in [7, 11) is 2.15. The number of ether oxygens (including phenoxy) is 1. The first kappa shape index (κ1) is 17.2. The van der Waals surface area contributed by atoms with Gasteiger partial charge in [0.25, 0.3) is 0 Å². The van der Waals surface area contributed by atoms with Crippen LogP contribution in [0.5, 0.6) is 5.75 Å². The Labute approximate surface area is 153 Å². The summed E-state index contributed by atoms with van der Waals surface area (Å²) in [5.74, 6) is 2.43. The van der Waals surface area contributed by atoms with Gasteiger partial charge in [-0.25, -0.2) is 0 Å². The molecular weight excluding hydrogens is 362 g/mol. The molecule has 0 aliphatic heterocycles. The van der Waals surface area contributed by atoms with Crippen LogP contribution in [0.25, 0.3) is 11.1 Å². The molecule has 0 saturated heterocycles. The lowest BCUT2D eigenvalue weighted by Crippen LogP contribution is -2.21. The van der Waals surface area contributed by atoms with Crippen LogP contribution in [0.3, 0.4) is 0 Å². The zero-order valence-corrected chi connectivity index (χ0v) is 15.7. The molecule has 0 radical (unpaired) electrons. The largest absolute Gasteiger partial charge is 0.493 e. The van der Waals surface area contributed by atoms with E-state index in [1.807, 2.05) is 12.1 Å². The molecule has 2 aromatic carbocycles. The topological polar surface area (TPSA) is 12.5 Å². The third-order valence-corrected chi connectivity index (χ3v) is 5.03. The smallest absolute Gasteiger partial charge is 0.119 e. The van der Waals surface area contributed by atoms with Crippen molar-refractivity contribution >= 4 is 15.9 Å². The SMILES string of the molecule is C=CCN(C)CC1CC1COc1ccc(-c2cccc(Br)c2)cc1. The van der Waals surface area contributed by atoms with Crippen LogP contribution in [-0.2, 0) is 0 Å². The summed E-state index contributed by atoms with van der Waals surface area (Å²) >= 11 is 3.52. The van der Waals surface area contributed by atoms with Crippen LogP contribution in [-0.4, -0.2) is 31.6 Å². The number of nitrogens with zero attached hydrogens (tertiary/aromatic N) is 1. The van der Waals surface area contributed by atoms with E-state index in [4.69, 9.17) is 4.74 Å². The van der Waals surface area contributed by atoms with Crippen molar-refractivity contribution in [2.75, 3.05) is 26.7 Å². The Morgan fingerprint density at radius 3 is 2.67 bits per heavy atom. The molecule has 1 saturated carbocycles. The average Bonchev–Trinajstić information content (AvgIpc) is 3.31. The van der Waals surface area contributed by atoms with Crippen molar-refractivity contribution in [3.05, 3.63) is 65.7 Å². The van der Waals surface area contributed by atoms with Gasteiger partial charge in [0.15, 0.2) is 0 Å². The first-order chi connectivity index (χ1) is 11.7. The molecule has 1 aliphatic rings. The zero-order valence-electron chi connectivity index (χ0n) is 14.1. The number of hydrogen-bond donors (Lipinski definition) is 0. The van der Waals surface area contributed by atoms with E-state index in [0.717, 1.165) is 35.8 Å². The summed E-state index contributed by atoms with van der Waals surface area (Å²) in [4.78, 5) is 2.32. The molecular formula is C21H24BrNO. The van der Waals surface area contributed by atoms with E-state index in [-0.39, 0.29) is 0 Å². The van der Waals surface area contributed by atoms with Gasteiger partial charge in [-0.15, -0.1) is 6.58 Å². The lowest BCUT2D eigenvalue weighted by atomic mass is 10.1. The molecule has 24 heavy (non-hydrogen) atoms. The maximum absolute atomic E-state index is 5.97. The van der Waals surface area contributed by atoms with Crippen molar-refractivity contribution in [3.63, 3.8) is 0 Å². The van der Waals surface area contributed by atoms with E-state index in [0.29, 0.717) is 5.92 Å². The van der Waals surface area contributed by atoms with Gasteiger partial charge in [-0.2, -0.15) is 0 Å². The second kappa shape index (κ2) is 8.00. The average molecular weight is 386 g/mol. The molecule has 3 rings (SSSR count). The maximum Gasteiger partial charge on any atom is 0.119 e. The lowest BCUT2D eigenvalue weighted by molar-refractivity contribution is 0.276. The molecule has 0 N–H and O–H groups in total. The summed E-state index contributed by atoms with van der Waals surface area (Å²) < 4.78 is 7.07. The Morgan fingerprint density at radius 2 is 1.96 bits per heavy atom. The summed E-state index contributed by atoms with van der Waals surface area (Å²) in [6, 6.07) is 16.7. The van der Waals surface area contributed by atoms with Crippen molar-refractivity contribution in [1.29, 1.82) is 0 Å². The lowest BCUT2D eigenvalue weighted by Gasteiger charge is -2.13. The minimum absolute atomic E-state index is 0.696. The third kappa shape index (κ3) is 4.71. The summed E-state index contributed by atoms with van der Waals surface area (Å²) in [6.07, 6.45) is 3.23. The standard InChI is InChI=1S/C21H24BrNO/c1-3-11-23(2)14-18-12-19(18)15-24-21-9-7-16(8-10-21)17-5-4-6-20(22)13-17/h3-10,13,18-19H,1,11-12,14-15H2,2H3. The molecule has 0 amide bonds. The monoisotopic (exact) mass is 385 g/mol. The van der Waals surface area contributed by atoms with E-state index < -0.39 is 0 Å². The molecule has 3 heteroatoms. The van der Waals surface area contributed by atoms with Gasteiger partial charge in [-0.05, 0) is 60.7 Å². The van der Waals surface area contributed by atoms with Crippen LogP contribution in [0.15, 0.2) is 65.7 Å². The van der Waals surface area contributed by atoms with E-state index in [1.54, 1.807) is 0 Å². The predicted octanol–water partition coefficient (Wildman–Crippen LogP) is 5.25. The van der Waals surface area contributed by atoms with Gasteiger partial charge >= 0.3 is 0 Å². The van der Waals surface area contributed by atoms with Gasteiger partial charge in [0.05, 0.1) is 6.61 Å². The van der Waals surface area contributed by atoms with Crippen molar-refractivity contribution < 1.29 is 4.74 Å². The van der Waals surface area contributed by atoms with Gasteiger partial charge in [0, 0.05) is 17.6 Å². The van der Waals surface area contributed by atoms with Crippen molar-refractivity contribution in [3.8, 4) is 16.9 Å². The molecule has 1 fully saturated rings. The summed E-state index contributed by atoms with van der Waals surface area (Å²) in [5.41, 5.74) is 2.42. The molecule has 1 aliphatic carbocycles. The van der Waals surface area contributed by atoms with Crippen LogP contribution in [0, 0.1) is 11.8 Å². The quantitative estimate of drug-likeness (QED) is 0.575. The minimum Gasteiger partial charge on any atom is -0.493 e. The normalized spacial score (nSPS) is 19.3. The molecule has 0 aromatic heterocycles. The van der Waals surface area contributed by atoms with Gasteiger partial charge in [0.1, 0.15) is 5.75 Å². The van der Waals surface area contributed by atoms with E-state index in [1.165, 1.54) is 17.5 Å². The number of likely N-dealkylation sites (N-methyl/N-ethyl adjacent to an activating group) is 1. The summed E-state index contributed by atoms with van der Waals surface area (Å²) in [6.45, 7) is 6.71. The summed E-state index contributed by atoms with van der Waals surface area (Å²) in [5, 5.41) is 0. The number of benzene rings is 2. The molecule has 0 heterocycles. The van der Waals surface area contributed by atoms with Gasteiger partial charge in [0.2, 0.25) is 0 Å². The van der Waals surface area contributed by atoms with Gasteiger partial charge < -0.3 is 9.64 Å². The van der Waals surface area contributed by atoms with Crippen molar-refractivity contribution in [2.45, 2.75) is 6.42 Å². The highest BCUT2D eigenvalue weighted by atomic mass is 79.9. The fourth-order valence-corrected chi connectivity index (χ4v) is 3.45. The molecule has 2 aromatic rings. The van der Waals surface area contributed by atoms with Gasteiger partial charge in [-0.1, -0.05) is 46.3 Å². The van der Waals surface area contributed by atoms with E-state index in [2.05, 4.69) is 76.9 Å². The third-order valence-electron chi connectivity index (χ3n) is 4.53. The first-order valence-corrected chi connectivity index (χ1v) is 9.23. The Morgan fingerprint density at radius 1 is 1.17 bits per heavy atom. The Balaban J connectivity index is 1.48. The molecule has 0 bridgehead atoms. The highest BCUT2D eigenvalue weighted by Crippen LogP contribution is 2.39. The van der Waals surface area contributed by atoms with Crippen LogP contribution in [0.4, 0.5) is 0 Å². The molecule has 126 valence electrons. The molecule has 2 nitrogen and oxygen atoms in total. The number of hydrogen-bond acceptors (Lipinski definition) is 2. The number of rotatable bonds is 8. The highest BCUT2D eigenvalue weighted by molar-refractivity contribution is 9.10. The Hall–Kier alpha value is -1.58. The zero-order chi connectivity index (χ0) is 16.9. The fourth-order valence-electron chi connectivity index (χ4n) is 3.05. The number of halogens is 1. The van der Waals surface area contributed by atoms with Crippen LogP contribution < -0.4 is 4.74 Å².